The van der Waals surface area contributed by atoms with Crippen LogP contribution < -0.4 is 0 Å². The number of rotatable bonds is 0. The smallest absolute Gasteiger partial charge is 0.229 e. The molecule has 0 aliphatic carbocycles. The maximum Gasteiger partial charge on any atom is 0.229 e. The van der Waals surface area contributed by atoms with Gasteiger partial charge in [-0.3, -0.25) is 0 Å². The van der Waals surface area contributed by atoms with Crippen molar-refractivity contribution < 1.29 is 14.6 Å². The summed E-state index contributed by atoms with van der Waals surface area (Å²) in [5.41, 5.74) is 0. The van der Waals surface area contributed by atoms with Crippen LogP contribution in [0.4, 0.5) is 0 Å². The maximum atomic E-state index is 9.17. The molecule has 0 aromatic rings. The maximum absolute atomic E-state index is 9.17. The first-order chi connectivity index (χ1) is 4.38. The highest BCUT2D eigenvalue weighted by atomic mass is 16.7. The van der Waals surface area contributed by atoms with E-state index in [1.807, 2.05) is 0 Å². The van der Waals surface area contributed by atoms with Crippen molar-refractivity contribution in [3.8, 4) is 0 Å². The summed E-state index contributed by atoms with van der Waals surface area (Å²) >= 11 is 0. The Morgan fingerprint density at radius 1 is 1.44 bits per heavy atom. The van der Waals surface area contributed by atoms with E-state index in [0.29, 0.717) is 19.5 Å². The normalized spacial score (nSPS) is 43.7. The van der Waals surface area contributed by atoms with Crippen LogP contribution in [-0.2, 0) is 9.47 Å². The summed E-state index contributed by atoms with van der Waals surface area (Å²) in [7, 11) is 0. The molecule has 0 spiro atoms. The van der Waals surface area contributed by atoms with E-state index in [2.05, 4.69) is 0 Å². The van der Waals surface area contributed by atoms with Gasteiger partial charge in [0.1, 0.15) is 0 Å². The third kappa shape index (κ3) is 0.764. The first-order valence-electron chi connectivity index (χ1n) is 3.18. The third-order valence-corrected chi connectivity index (χ3v) is 1.84. The van der Waals surface area contributed by atoms with Crippen LogP contribution >= 0.6 is 0 Å². The average molecular weight is 129 g/mol. The van der Waals surface area contributed by atoms with Crippen LogP contribution in [0.25, 0.3) is 0 Å². The van der Waals surface area contributed by atoms with Gasteiger partial charge in [-0.15, -0.1) is 0 Å². The Bertz CT molecular complexity index is 115. The van der Waals surface area contributed by atoms with Crippen LogP contribution in [0.3, 0.4) is 0 Å². The fourth-order valence-corrected chi connectivity index (χ4v) is 1.29. The molecule has 0 bridgehead atoms. The Labute approximate surface area is 53.6 Å². The SMILES string of the molecule is OC1CO[C]2OCCC21. The Morgan fingerprint density at radius 2 is 2.33 bits per heavy atom. The first-order valence-corrected chi connectivity index (χ1v) is 3.18. The van der Waals surface area contributed by atoms with Gasteiger partial charge in [-0.25, -0.2) is 0 Å². The van der Waals surface area contributed by atoms with Crippen molar-refractivity contribution in [2.45, 2.75) is 12.5 Å². The lowest BCUT2D eigenvalue weighted by atomic mass is 10.0. The summed E-state index contributed by atoms with van der Waals surface area (Å²) in [4.78, 5) is 0. The van der Waals surface area contributed by atoms with Gasteiger partial charge in [-0.2, -0.15) is 0 Å². The summed E-state index contributed by atoms with van der Waals surface area (Å²) in [5.74, 6) is 0.171. The molecular weight excluding hydrogens is 120 g/mol. The zero-order valence-corrected chi connectivity index (χ0v) is 5.04. The highest BCUT2D eigenvalue weighted by Gasteiger charge is 2.42. The van der Waals surface area contributed by atoms with E-state index in [9.17, 15) is 5.11 Å². The largest absolute Gasteiger partial charge is 0.390 e. The van der Waals surface area contributed by atoms with Gasteiger partial charge in [0.15, 0.2) is 0 Å². The molecule has 0 amide bonds. The Hall–Kier alpha value is -0.120. The highest BCUT2D eigenvalue weighted by Crippen LogP contribution is 2.36. The molecule has 0 aromatic heterocycles. The van der Waals surface area contributed by atoms with Gasteiger partial charge < -0.3 is 14.6 Å². The predicted octanol–water partition coefficient (Wildman–Crippen LogP) is -0.0965. The van der Waals surface area contributed by atoms with E-state index in [0.717, 1.165) is 6.42 Å². The monoisotopic (exact) mass is 129 g/mol. The molecule has 2 heterocycles. The van der Waals surface area contributed by atoms with Gasteiger partial charge in [0.05, 0.1) is 19.3 Å². The molecule has 2 saturated heterocycles. The third-order valence-electron chi connectivity index (χ3n) is 1.84. The summed E-state index contributed by atoms with van der Waals surface area (Å²) in [6.07, 6.45) is 1.25. The minimum atomic E-state index is -0.317. The van der Waals surface area contributed by atoms with E-state index >= 15 is 0 Å². The van der Waals surface area contributed by atoms with Gasteiger partial charge in [0, 0.05) is 5.92 Å². The first kappa shape index (κ1) is 5.65. The van der Waals surface area contributed by atoms with Crippen LogP contribution in [-0.4, -0.2) is 24.4 Å². The lowest BCUT2D eigenvalue weighted by Crippen LogP contribution is -2.15. The van der Waals surface area contributed by atoms with Crippen molar-refractivity contribution in [1.82, 2.24) is 0 Å². The molecule has 0 saturated carbocycles. The molecule has 2 fully saturated rings. The van der Waals surface area contributed by atoms with Crippen LogP contribution in [0.2, 0.25) is 0 Å². The van der Waals surface area contributed by atoms with E-state index in [4.69, 9.17) is 9.47 Å². The van der Waals surface area contributed by atoms with Crippen LogP contribution in [0.5, 0.6) is 0 Å². The predicted molar refractivity (Wildman–Crippen MR) is 29.3 cm³/mol. The lowest BCUT2D eigenvalue weighted by Gasteiger charge is -2.04. The topological polar surface area (TPSA) is 38.7 Å². The van der Waals surface area contributed by atoms with Crippen LogP contribution in [0.15, 0.2) is 0 Å². The molecule has 3 heteroatoms. The number of aliphatic hydroxyl groups is 1. The highest BCUT2D eigenvalue weighted by molar-refractivity contribution is 4.93. The summed E-state index contributed by atoms with van der Waals surface area (Å²) in [6, 6.07) is 0. The van der Waals surface area contributed by atoms with Gasteiger partial charge in [0.2, 0.25) is 6.29 Å². The second-order valence-corrected chi connectivity index (χ2v) is 2.44. The molecule has 3 nitrogen and oxygen atoms in total. The van der Waals surface area contributed by atoms with Gasteiger partial charge in [0.25, 0.3) is 0 Å². The zero-order valence-electron chi connectivity index (χ0n) is 5.04. The molecule has 2 aliphatic rings. The molecule has 9 heavy (non-hydrogen) atoms. The van der Waals surface area contributed by atoms with Gasteiger partial charge in [-0.05, 0) is 6.42 Å². The van der Waals surface area contributed by atoms with E-state index in [1.54, 1.807) is 0 Å². The Morgan fingerprint density at radius 3 is 3.11 bits per heavy atom. The van der Waals surface area contributed by atoms with Crippen molar-refractivity contribution in [1.29, 1.82) is 0 Å². The fraction of sp³-hybridized carbons (Fsp3) is 0.833. The molecular formula is C6H9O3. The summed E-state index contributed by atoms with van der Waals surface area (Å²) < 4.78 is 10.1. The van der Waals surface area contributed by atoms with Gasteiger partial charge >= 0.3 is 0 Å². The van der Waals surface area contributed by atoms with Crippen molar-refractivity contribution in [2.24, 2.45) is 5.92 Å². The Kier molecular flexibility index (Phi) is 1.22. The number of hydrogen-bond donors (Lipinski definition) is 1. The molecule has 2 atom stereocenters. The Balaban J connectivity index is 2.07. The quantitative estimate of drug-likeness (QED) is 0.496. The molecule has 1 N–H and O–H groups in total. The van der Waals surface area contributed by atoms with E-state index in [1.165, 1.54) is 0 Å². The number of aliphatic hydroxyl groups excluding tert-OH is 1. The van der Waals surface area contributed by atoms with Gasteiger partial charge in [-0.1, -0.05) is 0 Å². The zero-order chi connectivity index (χ0) is 6.27. The minimum Gasteiger partial charge on any atom is -0.390 e. The fourth-order valence-electron chi connectivity index (χ4n) is 1.29. The molecule has 2 aliphatic heterocycles. The standard InChI is InChI=1S/C6H9O3/c7-5-3-9-6-4(5)1-2-8-6/h4-5,7H,1-3H2. The lowest BCUT2D eigenvalue weighted by molar-refractivity contribution is 0.00472. The van der Waals surface area contributed by atoms with Crippen molar-refractivity contribution >= 4 is 0 Å². The van der Waals surface area contributed by atoms with E-state index < -0.39 is 0 Å². The van der Waals surface area contributed by atoms with Crippen molar-refractivity contribution in [3.63, 3.8) is 0 Å². The second kappa shape index (κ2) is 1.94. The molecule has 51 valence electrons. The summed E-state index contributed by atoms with van der Waals surface area (Å²) in [5, 5.41) is 9.17. The average Bonchev–Trinajstić information content (AvgIpc) is 2.35. The van der Waals surface area contributed by atoms with E-state index in [-0.39, 0.29) is 12.0 Å². The van der Waals surface area contributed by atoms with Crippen molar-refractivity contribution in [3.05, 3.63) is 6.29 Å². The second-order valence-electron chi connectivity index (χ2n) is 2.44. The van der Waals surface area contributed by atoms with Crippen LogP contribution in [0, 0.1) is 12.2 Å². The number of hydrogen-bond acceptors (Lipinski definition) is 3. The number of fused-ring (bicyclic) bond motifs is 1. The minimum absolute atomic E-state index is 0.171. The number of ether oxygens (including phenoxy) is 2. The van der Waals surface area contributed by atoms with Crippen LogP contribution in [0.1, 0.15) is 6.42 Å². The molecule has 0 aromatic carbocycles. The molecule has 2 unspecified atom stereocenters. The summed E-state index contributed by atoms with van der Waals surface area (Å²) in [6.45, 7) is 1.12. The molecule has 1 radical (unpaired) electrons. The van der Waals surface area contributed by atoms with Crippen molar-refractivity contribution in [2.75, 3.05) is 13.2 Å². The molecule has 2 rings (SSSR count).